The Morgan fingerprint density at radius 1 is 1.08 bits per heavy atom. The van der Waals surface area contributed by atoms with Crippen molar-refractivity contribution in [2.45, 2.75) is 48.3 Å². The monoisotopic (exact) mass is 898 g/mol. The van der Waals surface area contributed by atoms with Crippen LogP contribution in [0, 0.1) is 5.41 Å². The van der Waals surface area contributed by atoms with Crippen LogP contribution in [0.4, 0.5) is 22.1 Å². The lowest BCUT2D eigenvalue weighted by Crippen LogP contribution is -2.71. The van der Waals surface area contributed by atoms with E-state index >= 15 is 0 Å². The largest absolute Gasteiger partial charge is 0.508 e. The van der Waals surface area contributed by atoms with Crippen LogP contribution in [-0.4, -0.2) is 113 Å². The molecule has 0 saturated carbocycles. The third-order valence-electron chi connectivity index (χ3n) is 8.89. The molecule has 2 aliphatic heterocycles. The topological polar surface area (TPSA) is 330 Å². The number of aryl methyl sites for hydroxylation is 1. The number of nitrogens with two attached hydrogens (primary N) is 2. The van der Waals surface area contributed by atoms with Gasteiger partial charge in [-0.3, -0.25) is 24.2 Å². The van der Waals surface area contributed by atoms with Crippen molar-refractivity contribution in [1.29, 1.82) is 0 Å². The normalized spacial score (nSPS) is 16.8. The number of thioether (sulfide) groups is 2. The van der Waals surface area contributed by atoms with Gasteiger partial charge in [0, 0.05) is 24.2 Å². The fraction of sp³-hybridized carbons (Fsp3) is 0.314. The van der Waals surface area contributed by atoms with Gasteiger partial charge < -0.3 is 36.1 Å². The van der Waals surface area contributed by atoms with Crippen LogP contribution in [-0.2, 0) is 45.7 Å². The molecule has 26 heteroatoms. The number of amides is 4. The number of fused-ring (bicyclic) bond motifs is 1. The van der Waals surface area contributed by atoms with Crippen molar-refractivity contribution in [3.63, 3.8) is 0 Å². The van der Waals surface area contributed by atoms with Gasteiger partial charge in [0.15, 0.2) is 0 Å². The Labute approximate surface area is 355 Å². The molecule has 1 saturated heterocycles. The Hall–Kier alpha value is -6.51. The molecule has 23 nitrogen and oxygen atoms in total. The van der Waals surface area contributed by atoms with Gasteiger partial charge in [-0.2, -0.15) is 4.98 Å². The predicted molar refractivity (Wildman–Crippen MR) is 216 cm³/mol. The Morgan fingerprint density at radius 3 is 2.36 bits per heavy atom. The number of benzene rings is 2. The Kier molecular flexibility index (Phi) is 12.7. The highest BCUT2D eigenvalue weighted by molar-refractivity contribution is 8.01. The van der Waals surface area contributed by atoms with Gasteiger partial charge in [-0.05, 0) is 78.7 Å². The van der Waals surface area contributed by atoms with Gasteiger partial charge >= 0.3 is 18.0 Å². The van der Waals surface area contributed by atoms with E-state index in [2.05, 4.69) is 36.1 Å². The molecular weight excluding hydrogens is 861 g/mol. The van der Waals surface area contributed by atoms with Gasteiger partial charge in [0.1, 0.15) is 34.6 Å². The second-order valence-electron chi connectivity index (χ2n) is 14.3. The Morgan fingerprint density at radius 2 is 1.77 bits per heavy atom. The number of phenols is 1. The SMILES string of the molecule is Cn1nnnc1SCC1=C(C(=O)OCOC(=O)C(C)(C)C)N2C(=O)C(NC(=O)C(c3ccc(O)cc3)N(C(N)=O)c3cnc(Nc4ccc(S(N)(=O)=O)cc4)nc3O)[C@@H]2SC1. The molecule has 322 valence electrons. The number of esters is 2. The van der Waals surface area contributed by atoms with Crippen molar-refractivity contribution in [1.82, 2.24) is 40.4 Å². The van der Waals surface area contributed by atoms with Crippen molar-refractivity contribution >= 4 is 80.7 Å². The summed E-state index contributed by atoms with van der Waals surface area (Å²) in [5.41, 5.74) is 5.23. The number of primary amides is 1. The molecule has 0 bridgehead atoms. The van der Waals surface area contributed by atoms with Gasteiger partial charge in [0.25, 0.3) is 5.91 Å². The zero-order chi connectivity index (χ0) is 44.4. The number of anilines is 3. The number of tetrazole rings is 1. The van der Waals surface area contributed by atoms with Crippen LogP contribution in [0.3, 0.4) is 0 Å². The highest BCUT2D eigenvalue weighted by atomic mass is 32.2. The zero-order valence-electron chi connectivity index (χ0n) is 32.6. The molecule has 2 aromatic heterocycles. The molecule has 2 aliphatic rings. The number of urea groups is 1. The van der Waals surface area contributed by atoms with Crippen LogP contribution in [0.5, 0.6) is 11.6 Å². The third kappa shape index (κ3) is 9.77. The average molecular weight is 899 g/mol. The predicted octanol–water partition coefficient (Wildman–Crippen LogP) is 0.965. The molecule has 4 aromatic rings. The van der Waals surface area contributed by atoms with E-state index in [-0.39, 0.29) is 39.4 Å². The van der Waals surface area contributed by atoms with E-state index in [1.54, 1.807) is 27.8 Å². The maximum absolute atomic E-state index is 14.4. The summed E-state index contributed by atoms with van der Waals surface area (Å²) in [5, 5.41) is 42.6. The molecule has 61 heavy (non-hydrogen) atoms. The standard InChI is InChI=1S/C35H38N12O11S3/c1-35(2,3)31(53)58-16-57-30(52)25-18(15-60-34-42-43-44-45(34)4)14-59-29-23(28(51)47(25)29)40-27(50)24(17-5-9-20(48)10-6-17)46(32(36)54)22-13-38-33(41-26(22)49)39-19-7-11-21(12-8-19)61(37,55)56/h5-13,23-24,29,48H,14-16H2,1-4H3,(H2,36,54)(H,40,50)(H2,37,55,56)(H2,38,39,41,49)/t23?,24?,29-/m0/s1. The molecular formula is C35H38N12O11S3. The van der Waals surface area contributed by atoms with Crippen molar-refractivity contribution in [2.24, 2.45) is 23.3 Å². The van der Waals surface area contributed by atoms with E-state index in [1.807, 2.05) is 0 Å². The second kappa shape index (κ2) is 17.6. The molecule has 3 atom stereocenters. The summed E-state index contributed by atoms with van der Waals surface area (Å²) in [7, 11) is -2.34. The summed E-state index contributed by atoms with van der Waals surface area (Å²) >= 11 is 2.42. The molecule has 0 aliphatic carbocycles. The molecule has 2 aromatic carbocycles. The zero-order valence-corrected chi connectivity index (χ0v) is 35.0. The lowest BCUT2D eigenvalue weighted by Gasteiger charge is -2.50. The number of carbonyl (C=O) groups is 5. The first-order chi connectivity index (χ1) is 28.7. The number of sulfonamides is 1. The highest BCUT2D eigenvalue weighted by Gasteiger charge is 2.55. The molecule has 2 unspecified atom stereocenters. The second-order valence-corrected chi connectivity index (χ2v) is 17.9. The quantitative estimate of drug-likeness (QED) is 0.0444. The summed E-state index contributed by atoms with van der Waals surface area (Å²) in [5.74, 6) is -4.13. The molecule has 1 fully saturated rings. The van der Waals surface area contributed by atoms with Gasteiger partial charge in [-0.1, -0.05) is 23.9 Å². The number of aromatic nitrogens is 6. The first-order valence-electron chi connectivity index (χ1n) is 17.7. The number of β-lactam (4-membered cyclic amide) rings is 1. The van der Waals surface area contributed by atoms with E-state index in [0.717, 1.165) is 11.1 Å². The molecule has 0 spiro atoms. The smallest absolute Gasteiger partial charge is 0.357 e. The number of hydrogen-bond acceptors (Lipinski definition) is 19. The number of nitrogens with one attached hydrogen (secondary N) is 2. The highest BCUT2D eigenvalue weighted by Crippen LogP contribution is 2.43. The van der Waals surface area contributed by atoms with E-state index in [4.69, 9.17) is 20.3 Å². The van der Waals surface area contributed by atoms with Crippen molar-refractivity contribution in [3.8, 4) is 11.6 Å². The summed E-state index contributed by atoms with van der Waals surface area (Å²) in [6.45, 7) is 4.13. The van der Waals surface area contributed by atoms with E-state index in [0.29, 0.717) is 21.3 Å². The average Bonchev–Trinajstić information content (AvgIpc) is 3.61. The number of carbonyl (C=O) groups excluding carboxylic acids is 5. The summed E-state index contributed by atoms with van der Waals surface area (Å²) in [6, 6.07) is 6.10. The van der Waals surface area contributed by atoms with Crippen LogP contribution >= 0.6 is 23.5 Å². The molecule has 4 heterocycles. The van der Waals surface area contributed by atoms with Crippen LogP contribution in [0.1, 0.15) is 32.4 Å². The lowest BCUT2D eigenvalue weighted by molar-refractivity contribution is -0.173. The first kappa shape index (κ1) is 44.1. The van der Waals surface area contributed by atoms with Crippen LogP contribution in [0.15, 0.2) is 76.0 Å². The maximum Gasteiger partial charge on any atom is 0.357 e. The van der Waals surface area contributed by atoms with E-state index in [9.17, 15) is 42.6 Å². The minimum Gasteiger partial charge on any atom is -0.508 e. The number of aromatic hydroxyl groups is 2. The van der Waals surface area contributed by atoms with Crippen LogP contribution < -0.4 is 26.4 Å². The Balaban J connectivity index is 1.26. The minimum absolute atomic E-state index is 0.0807. The van der Waals surface area contributed by atoms with Crippen molar-refractivity contribution in [3.05, 3.63) is 71.6 Å². The fourth-order valence-electron chi connectivity index (χ4n) is 5.84. The summed E-state index contributed by atoms with van der Waals surface area (Å²) in [6.07, 6.45) is 1.00. The number of ether oxygens (including phenoxy) is 2. The number of nitrogens with zero attached hydrogens (tertiary/aromatic N) is 8. The van der Waals surface area contributed by atoms with Gasteiger partial charge in [-0.15, -0.1) is 16.9 Å². The van der Waals surface area contributed by atoms with Gasteiger partial charge in [-0.25, -0.2) is 32.8 Å². The van der Waals surface area contributed by atoms with Crippen molar-refractivity contribution in [2.75, 3.05) is 28.5 Å². The lowest BCUT2D eigenvalue weighted by atomic mass is 9.98. The third-order valence-corrected chi connectivity index (χ3v) is 12.3. The van der Waals surface area contributed by atoms with Crippen LogP contribution in [0.25, 0.3) is 0 Å². The minimum atomic E-state index is -3.96. The fourth-order valence-corrected chi connectivity index (χ4v) is 8.69. The Bertz CT molecular complexity index is 2510. The number of rotatable bonds is 14. The molecule has 4 amide bonds. The summed E-state index contributed by atoms with van der Waals surface area (Å²) in [4.78, 5) is 77.2. The first-order valence-corrected chi connectivity index (χ1v) is 21.3. The number of phenolic OH excluding ortho intramolecular Hbond substituents is 1. The number of primary sulfonamides is 1. The maximum atomic E-state index is 14.4. The van der Waals surface area contributed by atoms with Crippen molar-refractivity contribution < 1.29 is 52.1 Å². The van der Waals surface area contributed by atoms with Crippen LogP contribution in [0.2, 0.25) is 0 Å². The van der Waals surface area contributed by atoms with E-state index in [1.165, 1.54) is 76.7 Å². The summed E-state index contributed by atoms with van der Waals surface area (Å²) < 4.78 is 35.1. The van der Waals surface area contributed by atoms with E-state index < -0.39 is 81.0 Å². The molecule has 6 rings (SSSR count). The van der Waals surface area contributed by atoms with Gasteiger partial charge in [0.05, 0.1) is 16.5 Å². The molecule has 0 radical (unpaired) electrons. The van der Waals surface area contributed by atoms with Gasteiger partial charge in [0.2, 0.25) is 39.7 Å². The molecule has 8 N–H and O–H groups in total. The number of hydrogen-bond donors (Lipinski definition) is 6.